The van der Waals surface area contributed by atoms with Crippen molar-refractivity contribution in [3.63, 3.8) is 0 Å². The molecule has 100 valence electrons. The van der Waals surface area contributed by atoms with Gasteiger partial charge in [0, 0.05) is 31.1 Å². The number of nitrogens with two attached hydrogens (primary N) is 1. The summed E-state index contributed by atoms with van der Waals surface area (Å²) in [5.41, 5.74) is 5.92. The van der Waals surface area contributed by atoms with E-state index in [1.807, 2.05) is 4.90 Å². The summed E-state index contributed by atoms with van der Waals surface area (Å²) in [6.07, 6.45) is 4.57. The summed E-state index contributed by atoms with van der Waals surface area (Å²) in [4.78, 5) is 6.59. The average molecular weight is 269 g/mol. The third-order valence-corrected chi connectivity index (χ3v) is 4.46. The van der Waals surface area contributed by atoms with Gasteiger partial charge in [0.25, 0.3) is 0 Å². The number of aromatic nitrogens is 1. The summed E-state index contributed by atoms with van der Waals surface area (Å²) >= 11 is 0. The zero-order valence-electron chi connectivity index (χ0n) is 10.7. The highest BCUT2D eigenvalue weighted by atomic mass is 32.2. The number of nitrogens with zero attached hydrogens (tertiary/aromatic N) is 2. The lowest BCUT2D eigenvalue weighted by molar-refractivity contribution is 0.425. The molecule has 1 fully saturated rings. The van der Waals surface area contributed by atoms with Crippen LogP contribution in [-0.2, 0) is 9.84 Å². The van der Waals surface area contributed by atoms with Gasteiger partial charge in [0.1, 0.15) is 10.7 Å². The molecule has 2 N–H and O–H groups in total. The van der Waals surface area contributed by atoms with Gasteiger partial charge in [-0.25, -0.2) is 13.4 Å². The van der Waals surface area contributed by atoms with Crippen molar-refractivity contribution >= 4 is 15.7 Å². The lowest BCUT2D eigenvalue weighted by Gasteiger charge is -2.37. The Morgan fingerprint density at radius 1 is 1.50 bits per heavy atom. The van der Waals surface area contributed by atoms with E-state index in [1.54, 1.807) is 18.3 Å². The van der Waals surface area contributed by atoms with Crippen LogP contribution in [0.15, 0.2) is 23.2 Å². The Kier molecular flexibility index (Phi) is 3.59. The minimum atomic E-state index is -3.26. The Labute approximate surface area is 108 Å². The van der Waals surface area contributed by atoms with Gasteiger partial charge in [0.2, 0.25) is 0 Å². The SMILES string of the molecule is CC1CC(N)CCN1c1ncccc1S(C)(=O)=O. The van der Waals surface area contributed by atoms with Crippen LogP contribution in [0.25, 0.3) is 0 Å². The van der Waals surface area contributed by atoms with Crippen molar-refractivity contribution in [1.82, 2.24) is 4.98 Å². The van der Waals surface area contributed by atoms with Crippen LogP contribution in [-0.4, -0.2) is 38.3 Å². The number of pyridine rings is 1. The molecule has 1 aliphatic rings. The largest absolute Gasteiger partial charge is 0.353 e. The van der Waals surface area contributed by atoms with Gasteiger partial charge in [-0.1, -0.05) is 0 Å². The van der Waals surface area contributed by atoms with E-state index >= 15 is 0 Å². The second-order valence-corrected chi connectivity index (χ2v) is 6.91. The molecule has 2 atom stereocenters. The molecule has 1 aliphatic heterocycles. The zero-order chi connectivity index (χ0) is 13.3. The summed E-state index contributed by atoms with van der Waals surface area (Å²) in [5, 5.41) is 0. The number of piperidine rings is 1. The van der Waals surface area contributed by atoms with Gasteiger partial charge in [-0.15, -0.1) is 0 Å². The number of anilines is 1. The van der Waals surface area contributed by atoms with E-state index in [1.165, 1.54) is 6.26 Å². The van der Waals surface area contributed by atoms with Crippen molar-refractivity contribution < 1.29 is 8.42 Å². The zero-order valence-corrected chi connectivity index (χ0v) is 11.5. The first-order chi connectivity index (χ1) is 8.39. The van der Waals surface area contributed by atoms with Crippen LogP contribution in [0.2, 0.25) is 0 Å². The second-order valence-electron chi connectivity index (χ2n) is 4.92. The number of hydrogen-bond acceptors (Lipinski definition) is 5. The molecule has 0 saturated carbocycles. The molecule has 2 heterocycles. The Bertz CT molecular complexity index is 530. The maximum absolute atomic E-state index is 11.8. The summed E-state index contributed by atoms with van der Waals surface area (Å²) in [5.74, 6) is 0.555. The highest BCUT2D eigenvalue weighted by molar-refractivity contribution is 7.90. The topological polar surface area (TPSA) is 76.3 Å². The fraction of sp³-hybridized carbons (Fsp3) is 0.583. The molecule has 18 heavy (non-hydrogen) atoms. The first-order valence-corrected chi connectivity index (χ1v) is 7.96. The first-order valence-electron chi connectivity index (χ1n) is 6.07. The van der Waals surface area contributed by atoms with Gasteiger partial charge >= 0.3 is 0 Å². The van der Waals surface area contributed by atoms with Gasteiger partial charge in [-0.05, 0) is 31.9 Å². The Hall–Kier alpha value is -1.14. The molecule has 0 amide bonds. The molecule has 0 bridgehead atoms. The van der Waals surface area contributed by atoms with Crippen molar-refractivity contribution in [2.24, 2.45) is 5.73 Å². The maximum Gasteiger partial charge on any atom is 0.179 e. The maximum atomic E-state index is 11.8. The Morgan fingerprint density at radius 3 is 2.83 bits per heavy atom. The standard InChI is InChI=1S/C12H19N3O2S/c1-9-8-10(13)5-7-15(9)12-11(18(2,16)17)4-3-6-14-12/h3-4,6,9-10H,5,7-8,13H2,1-2H3. The second kappa shape index (κ2) is 4.85. The number of sulfone groups is 1. The minimum Gasteiger partial charge on any atom is -0.353 e. The van der Waals surface area contributed by atoms with Crippen molar-refractivity contribution in [1.29, 1.82) is 0 Å². The normalized spacial score (nSPS) is 25.2. The first kappa shape index (κ1) is 13.3. The predicted molar refractivity (Wildman–Crippen MR) is 71.4 cm³/mol. The van der Waals surface area contributed by atoms with Crippen LogP contribution in [0.4, 0.5) is 5.82 Å². The van der Waals surface area contributed by atoms with Gasteiger partial charge in [0.15, 0.2) is 9.84 Å². The Morgan fingerprint density at radius 2 is 2.22 bits per heavy atom. The van der Waals surface area contributed by atoms with E-state index in [0.717, 1.165) is 19.4 Å². The molecule has 1 aromatic heterocycles. The lowest BCUT2D eigenvalue weighted by atomic mass is 9.99. The highest BCUT2D eigenvalue weighted by Crippen LogP contribution is 2.28. The average Bonchev–Trinajstić information content (AvgIpc) is 2.28. The van der Waals surface area contributed by atoms with Crippen LogP contribution in [0, 0.1) is 0 Å². The molecule has 1 aromatic rings. The monoisotopic (exact) mass is 269 g/mol. The minimum absolute atomic E-state index is 0.196. The van der Waals surface area contributed by atoms with E-state index in [0.29, 0.717) is 10.7 Å². The van der Waals surface area contributed by atoms with Gasteiger partial charge in [-0.3, -0.25) is 0 Å². The van der Waals surface area contributed by atoms with E-state index in [-0.39, 0.29) is 12.1 Å². The van der Waals surface area contributed by atoms with E-state index in [2.05, 4.69) is 11.9 Å². The van der Waals surface area contributed by atoms with Gasteiger partial charge < -0.3 is 10.6 Å². The van der Waals surface area contributed by atoms with Crippen molar-refractivity contribution in [2.75, 3.05) is 17.7 Å². The van der Waals surface area contributed by atoms with E-state index in [4.69, 9.17) is 5.73 Å². The molecule has 0 spiro atoms. The lowest BCUT2D eigenvalue weighted by Crippen LogP contribution is -2.46. The summed E-state index contributed by atoms with van der Waals surface area (Å²) in [7, 11) is -3.26. The summed E-state index contributed by atoms with van der Waals surface area (Å²) in [6.45, 7) is 2.81. The predicted octanol–water partition coefficient (Wildman–Crippen LogP) is 0.801. The molecule has 2 unspecified atom stereocenters. The number of hydrogen-bond donors (Lipinski definition) is 1. The molecule has 0 aliphatic carbocycles. The third-order valence-electron chi connectivity index (χ3n) is 3.34. The van der Waals surface area contributed by atoms with Gasteiger partial charge in [-0.2, -0.15) is 0 Å². The number of rotatable bonds is 2. The molecular formula is C12H19N3O2S. The quantitative estimate of drug-likeness (QED) is 0.859. The van der Waals surface area contributed by atoms with Crippen LogP contribution in [0.1, 0.15) is 19.8 Å². The summed E-state index contributed by atoms with van der Waals surface area (Å²) in [6, 6.07) is 3.67. The summed E-state index contributed by atoms with van der Waals surface area (Å²) < 4.78 is 23.6. The van der Waals surface area contributed by atoms with Crippen LogP contribution >= 0.6 is 0 Å². The van der Waals surface area contributed by atoms with Crippen molar-refractivity contribution in [3.8, 4) is 0 Å². The Balaban J connectivity index is 2.40. The van der Waals surface area contributed by atoms with Crippen LogP contribution < -0.4 is 10.6 Å². The van der Waals surface area contributed by atoms with Crippen molar-refractivity contribution in [3.05, 3.63) is 18.3 Å². The molecule has 6 heteroatoms. The van der Waals surface area contributed by atoms with E-state index < -0.39 is 9.84 Å². The molecule has 1 saturated heterocycles. The van der Waals surface area contributed by atoms with Crippen LogP contribution in [0.3, 0.4) is 0 Å². The van der Waals surface area contributed by atoms with Crippen LogP contribution in [0.5, 0.6) is 0 Å². The molecule has 0 radical (unpaired) electrons. The molecule has 0 aromatic carbocycles. The highest BCUT2D eigenvalue weighted by Gasteiger charge is 2.27. The smallest absolute Gasteiger partial charge is 0.179 e. The molecular weight excluding hydrogens is 250 g/mol. The third kappa shape index (κ3) is 2.64. The molecule has 5 nitrogen and oxygen atoms in total. The fourth-order valence-electron chi connectivity index (χ4n) is 2.41. The fourth-order valence-corrected chi connectivity index (χ4v) is 3.24. The van der Waals surface area contributed by atoms with E-state index in [9.17, 15) is 8.42 Å². The molecule has 2 rings (SSSR count). The van der Waals surface area contributed by atoms with Crippen molar-refractivity contribution in [2.45, 2.75) is 36.7 Å². The van der Waals surface area contributed by atoms with Gasteiger partial charge in [0.05, 0.1) is 0 Å².